The molecule has 3 N–H and O–H groups in total. The Morgan fingerprint density at radius 1 is 1.04 bits per heavy atom. The molecule has 0 unspecified atom stereocenters. The van der Waals surface area contributed by atoms with Crippen LogP contribution < -0.4 is 5.32 Å². The lowest BCUT2D eigenvalue weighted by atomic mass is 10.2. The van der Waals surface area contributed by atoms with Crippen LogP contribution in [0.2, 0.25) is 0 Å². The van der Waals surface area contributed by atoms with Crippen LogP contribution in [-0.4, -0.2) is 51.8 Å². The molecule has 23 heavy (non-hydrogen) atoms. The number of likely N-dealkylation sites (N-methyl/N-ethyl adjacent to an activating group) is 1. The highest BCUT2D eigenvalue weighted by molar-refractivity contribution is 5.94. The second kappa shape index (κ2) is 7.69. The van der Waals surface area contributed by atoms with Crippen molar-refractivity contribution in [2.24, 2.45) is 0 Å². The molecule has 0 saturated heterocycles. The lowest BCUT2D eigenvalue weighted by Crippen LogP contribution is -2.34. The minimum absolute atomic E-state index is 0.0566. The summed E-state index contributed by atoms with van der Waals surface area (Å²) in [5, 5.41) is 22.3. The van der Waals surface area contributed by atoms with Crippen LogP contribution in [0.1, 0.15) is 24.2 Å². The number of nitrogens with zero attached hydrogens (tertiary/aromatic N) is 2. The Balaban J connectivity index is 1.98. The van der Waals surface area contributed by atoms with E-state index in [-0.39, 0.29) is 17.7 Å². The van der Waals surface area contributed by atoms with Gasteiger partial charge in [-0.3, -0.25) is 9.36 Å². The highest BCUT2D eigenvalue weighted by Gasteiger charge is 2.10. The molecule has 1 aromatic carbocycles. The molecule has 0 fully saturated rings. The number of hydrogen-bond acceptors (Lipinski definition) is 4. The molecule has 0 radical (unpaired) electrons. The molecule has 0 aliphatic heterocycles. The number of rotatable bonds is 7. The summed E-state index contributed by atoms with van der Waals surface area (Å²) >= 11 is 0. The molecule has 1 amide bonds. The van der Waals surface area contributed by atoms with Gasteiger partial charge < -0.3 is 20.4 Å². The molecule has 124 valence electrons. The van der Waals surface area contributed by atoms with Gasteiger partial charge in [0.2, 0.25) is 0 Å². The fourth-order valence-electron chi connectivity index (χ4n) is 2.41. The van der Waals surface area contributed by atoms with Crippen LogP contribution in [-0.2, 0) is 0 Å². The summed E-state index contributed by atoms with van der Waals surface area (Å²) in [5.41, 5.74) is 1.13. The van der Waals surface area contributed by atoms with Crippen LogP contribution in [0.5, 0.6) is 11.8 Å². The predicted molar refractivity (Wildman–Crippen MR) is 89.2 cm³/mol. The van der Waals surface area contributed by atoms with Crippen LogP contribution in [0.15, 0.2) is 36.4 Å². The zero-order valence-electron chi connectivity index (χ0n) is 13.5. The highest BCUT2D eigenvalue weighted by atomic mass is 16.3. The smallest absolute Gasteiger partial charge is 0.251 e. The number of hydrogen-bond donors (Lipinski definition) is 3. The number of aromatic hydroxyl groups is 2. The van der Waals surface area contributed by atoms with Crippen LogP contribution >= 0.6 is 0 Å². The number of carbonyl (C=O) groups excluding carboxylic acids is 1. The van der Waals surface area contributed by atoms with Gasteiger partial charge in [0, 0.05) is 30.8 Å². The molecule has 1 heterocycles. The first kappa shape index (κ1) is 16.9. The zero-order chi connectivity index (χ0) is 16.8. The SMILES string of the molecule is CCN(CC)CCNC(=O)c1ccc(-n2c(O)ccc2O)cc1. The number of benzene rings is 1. The fourth-order valence-corrected chi connectivity index (χ4v) is 2.41. The Kier molecular flexibility index (Phi) is 5.65. The predicted octanol–water partition coefficient (Wildman–Crippen LogP) is 1.96. The number of carbonyl (C=O) groups is 1. The average molecular weight is 317 g/mol. The number of nitrogens with one attached hydrogen (secondary N) is 1. The van der Waals surface area contributed by atoms with Gasteiger partial charge in [0.1, 0.15) is 0 Å². The standard InChI is InChI=1S/C17H23N3O3/c1-3-19(4-2)12-11-18-17(23)13-5-7-14(8-6-13)20-15(21)9-10-16(20)22/h5-10,21-22H,3-4,11-12H2,1-2H3,(H,18,23). The summed E-state index contributed by atoms with van der Waals surface area (Å²) < 4.78 is 1.29. The van der Waals surface area contributed by atoms with Gasteiger partial charge in [0.15, 0.2) is 11.8 Å². The summed E-state index contributed by atoms with van der Waals surface area (Å²) in [4.78, 5) is 14.3. The summed E-state index contributed by atoms with van der Waals surface area (Å²) in [5.74, 6) is -0.248. The second-order valence-electron chi connectivity index (χ2n) is 5.21. The van der Waals surface area contributed by atoms with Gasteiger partial charge in [-0.05, 0) is 37.4 Å². The molecule has 0 spiro atoms. The lowest BCUT2D eigenvalue weighted by Gasteiger charge is -2.18. The normalized spacial score (nSPS) is 10.9. The van der Waals surface area contributed by atoms with E-state index in [2.05, 4.69) is 24.1 Å². The minimum Gasteiger partial charge on any atom is -0.494 e. The van der Waals surface area contributed by atoms with Crippen molar-refractivity contribution < 1.29 is 15.0 Å². The Labute approximate surface area is 136 Å². The molecule has 0 aliphatic rings. The first-order valence-corrected chi connectivity index (χ1v) is 7.77. The molecular weight excluding hydrogens is 294 g/mol. The Hall–Kier alpha value is -2.47. The summed E-state index contributed by atoms with van der Waals surface area (Å²) in [6.07, 6.45) is 0. The summed E-state index contributed by atoms with van der Waals surface area (Å²) in [6, 6.07) is 9.51. The van der Waals surface area contributed by atoms with Gasteiger partial charge in [-0.25, -0.2) is 0 Å². The van der Waals surface area contributed by atoms with E-state index < -0.39 is 0 Å². The van der Waals surface area contributed by atoms with Crippen molar-refractivity contribution in [3.63, 3.8) is 0 Å². The average Bonchev–Trinajstić information content (AvgIpc) is 2.90. The van der Waals surface area contributed by atoms with Gasteiger partial charge in [-0.15, -0.1) is 0 Å². The lowest BCUT2D eigenvalue weighted by molar-refractivity contribution is 0.0949. The van der Waals surface area contributed by atoms with Gasteiger partial charge in [-0.1, -0.05) is 13.8 Å². The monoisotopic (exact) mass is 317 g/mol. The quantitative estimate of drug-likeness (QED) is 0.729. The number of amides is 1. The second-order valence-corrected chi connectivity index (χ2v) is 5.21. The van der Waals surface area contributed by atoms with E-state index in [9.17, 15) is 15.0 Å². The Bertz CT molecular complexity index is 626. The number of aromatic nitrogens is 1. The third-order valence-corrected chi connectivity index (χ3v) is 3.84. The molecule has 0 bridgehead atoms. The first-order chi connectivity index (χ1) is 11.1. The van der Waals surface area contributed by atoms with Crippen molar-refractivity contribution in [2.75, 3.05) is 26.2 Å². The van der Waals surface area contributed by atoms with Gasteiger partial charge in [0.05, 0.1) is 5.69 Å². The van der Waals surface area contributed by atoms with E-state index in [1.807, 2.05) is 0 Å². The molecule has 2 rings (SSSR count). The maximum atomic E-state index is 12.1. The molecule has 1 aromatic heterocycles. The first-order valence-electron chi connectivity index (χ1n) is 7.77. The third-order valence-electron chi connectivity index (χ3n) is 3.84. The largest absolute Gasteiger partial charge is 0.494 e. The maximum Gasteiger partial charge on any atom is 0.251 e. The van der Waals surface area contributed by atoms with Crippen molar-refractivity contribution in [1.82, 2.24) is 14.8 Å². The molecule has 2 aromatic rings. The van der Waals surface area contributed by atoms with Crippen molar-refractivity contribution in [2.45, 2.75) is 13.8 Å². The molecule has 0 aliphatic carbocycles. The van der Waals surface area contributed by atoms with E-state index in [1.54, 1.807) is 24.3 Å². The van der Waals surface area contributed by atoms with Crippen LogP contribution in [0.25, 0.3) is 5.69 Å². The van der Waals surface area contributed by atoms with E-state index in [4.69, 9.17) is 0 Å². The molecule has 0 saturated carbocycles. The zero-order valence-corrected chi connectivity index (χ0v) is 13.5. The van der Waals surface area contributed by atoms with Crippen LogP contribution in [0.3, 0.4) is 0 Å². The van der Waals surface area contributed by atoms with Crippen molar-refractivity contribution in [3.8, 4) is 17.4 Å². The Morgan fingerprint density at radius 2 is 1.61 bits per heavy atom. The summed E-state index contributed by atoms with van der Waals surface area (Å²) in [7, 11) is 0. The van der Waals surface area contributed by atoms with Gasteiger partial charge >= 0.3 is 0 Å². The minimum atomic E-state index is -0.135. The third kappa shape index (κ3) is 4.04. The van der Waals surface area contributed by atoms with E-state index in [1.165, 1.54) is 16.7 Å². The Morgan fingerprint density at radius 3 is 2.13 bits per heavy atom. The molecule has 0 atom stereocenters. The molecule has 6 heteroatoms. The van der Waals surface area contributed by atoms with Crippen molar-refractivity contribution >= 4 is 5.91 Å². The highest BCUT2D eigenvalue weighted by Crippen LogP contribution is 2.26. The summed E-state index contributed by atoms with van der Waals surface area (Å²) in [6.45, 7) is 7.53. The van der Waals surface area contributed by atoms with Crippen LogP contribution in [0, 0.1) is 0 Å². The van der Waals surface area contributed by atoms with E-state index in [0.717, 1.165) is 19.6 Å². The van der Waals surface area contributed by atoms with E-state index in [0.29, 0.717) is 17.8 Å². The molecular formula is C17H23N3O3. The topological polar surface area (TPSA) is 77.7 Å². The van der Waals surface area contributed by atoms with E-state index >= 15 is 0 Å². The fraction of sp³-hybridized carbons (Fsp3) is 0.353. The van der Waals surface area contributed by atoms with Crippen molar-refractivity contribution in [1.29, 1.82) is 0 Å². The molecule has 6 nitrogen and oxygen atoms in total. The van der Waals surface area contributed by atoms with Crippen LogP contribution in [0.4, 0.5) is 0 Å². The van der Waals surface area contributed by atoms with Gasteiger partial charge in [0.25, 0.3) is 5.91 Å². The maximum absolute atomic E-state index is 12.1. The van der Waals surface area contributed by atoms with Crippen molar-refractivity contribution in [3.05, 3.63) is 42.0 Å². The van der Waals surface area contributed by atoms with Gasteiger partial charge in [-0.2, -0.15) is 0 Å².